The van der Waals surface area contributed by atoms with Gasteiger partial charge in [-0.15, -0.1) is 11.5 Å². The van der Waals surface area contributed by atoms with Gasteiger partial charge in [0.15, 0.2) is 35.3 Å². The van der Waals surface area contributed by atoms with Gasteiger partial charge in [0.2, 0.25) is 0 Å². The number of hydrogen-bond acceptors (Lipinski definition) is 28. The van der Waals surface area contributed by atoms with Crippen LogP contribution < -0.4 is 22.1 Å². The number of nitrogens with one attached hydrogen (secondary N) is 2. The highest BCUT2D eigenvalue weighted by Gasteiger charge is 2.62. The maximum absolute atomic E-state index is 14.6. The second-order valence-electron chi connectivity index (χ2n) is 38.3. The molecular formula is C99H147Br2FN14O18S. The van der Waals surface area contributed by atoms with Gasteiger partial charge in [-0.2, -0.15) is 3.89 Å². The molecule has 5 aromatic rings. The van der Waals surface area contributed by atoms with Gasteiger partial charge in [0.1, 0.15) is 41.9 Å². The fourth-order valence-corrected chi connectivity index (χ4v) is 21.0. The molecule has 0 saturated carbocycles. The normalized spacial score (nSPS) is 32.9. The van der Waals surface area contributed by atoms with Crippen molar-refractivity contribution in [2.24, 2.45) is 40.6 Å². The maximum Gasteiger partial charge on any atom is 0.410 e. The predicted octanol–water partition coefficient (Wildman–Crippen LogP) is 14.8. The molecular weight excluding hydrogens is 1880 g/mol. The summed E-state index contributed by atoms with van der Waals surface area (Å²) in [7, 11) is 10.8. The smallest absolute Gasteiger partial charge is 0.410 e. The zero-order valence-electron chi connectivity index (χ0n) is 82.4. The molecule has 135 heavy (non-hydrogen) atoms. The highest BCUT2D eigenvalue weighted by Crippen LogP contribution is 2.45. The number of fused-ring (bicyclic) bond motifs is 2. The lowest BCUT2D eigenvalue weighted by Gasteiger charge is -2.46. The lowest BCUT2D eigenvalue weighted by Crippen LogP contribution is -2.62. The number of carbonyl (C=O) groups is 6. The van der Waals surface area contributed by atoms with Crippen molar-refractivity contribution in [3.05, 3.63) is 139 Å². The van der Waals surface area contributed by atoms with Crippen LogP contribution in [0.4, 0.5) is 24.8 Å². The summed E-state index contributed by atoms with van der Waals surface area (Å²) in [6, 6.07) is 28.4. The molecule has 8 N–H and O–H groups in total. The molecule has 6 aliphatic heterocycles. The third-order valence-corrected chi connectivity index (χ3v) is 28.3. The Bertz CT molecular complexity index is 4770. The molecule has 0 spiro atoms. The van der Waals surface area contributed by atoms with Crippen LogP contribution in [0, 0.1) is 47.9 Å². The largest absolute Gasteiger partial charge is 0.458 e. The van der Waals surface area contributed by atoms with Crippen LogP contribution >= 0.6 is 44.0 Å². The van der Waals surface area contributed by atoms with Gasteiger partial charge in [0.05, 0.1) is 53.9 Å². The first-order chi connectivity index (χ1) is 63.9. The number of amides is 2. The number of unbranched alkanes of at least 4 members (excludes halogenated alkanes) is 2. The number of ether oxygens (including phenoxy) is 10. The molecule has 26 atom stereocenters. The van der Waals surface area contributed by atoms with E-state index in [0.717, 1.165) is 36.9 Å². The zero-order valence-corrected chi connectivity index (χ0v) is 86.4. The minimum Gasteiger partial charge on any atom is -0.458 e. The molecule has 6 saturated heterocycles. The summed E-state index contributed by atoms with van der Waals surface area (Å²) >= 11 is 7.52. The third-order valence-electron chi connectivity index (χ3n) is 27.3. The molecule has 6 aliphatic rings. The van der Waals surface area contributed by atoms with Crippen molar-refractivity contribution in [2.75, 3.05) is 92.9 Å². The quantitative estimate of drug-likeness (QED) is 0.00364. The van der Waals surface area contributed by atoms with E-state index in [0.29, 0.717) is 128 Å². The van der Waals surface area contributed by atoms with Gasteiger partial charge >= 0.3 is 24.1 Å². The Balaban J connectivity index is 0.000000297. The van der Waals surface area contributed by atoms with E-state index in [-0.39, 0.29) is 60.4 Å². The Hall–Kier alpha value is -7.93. The Labute approximate surface area is 818 Å². The van der Waals surface area contributed by atoms with Crippen molar-refractivity contribution in [1.29, 1.82) is 0 Å². The van der Waals surface area contributed by atoms with Gasteiger partial charge in [-0.05, 0) is 257 Å². The number of cyclic esters (lactones) is 2. The molecule has 7 heterocycles. The van der Waals surface area contributed by atoms with Crippen LogP contribution in [0.15, 0.2) is 117 Å². The van der Waals surface area contributed by atoms with Crippen molar-refractivity contribution in [1.82, 2.24) is 45.2 Å². The summed E-state index contributed by atoms with van der Waals surface area (Å²) in [4.78, 5) is 96.0. The summed E-state index contributed by atoms with van der Waals surface area (Å²) in [6.45, 7) is 28.3. The van der Waals surface area contributed by atoms with E-state index in [1.807, 2.05) is 172 Å². The average molecular weight is 2030 g/mol. The number of halogens is 3. The van der Waals surface area contributed by atoms with Gasteiger partial charge in [-0.1, -0.05) is 132 Å². The van der Waals surface area contributed by atoms with Crippen LogP contribution in [-0.4, -0.2) is 282 Å². The number of aryl methyl sites for hydroxylation is 1. The number of esters is 2. The molecule has 11 rings (SSSR count). The molecule has 748 valence electrons. The molecule has 2 amide bonds. The number of aliphatic hydroxyl groups excluding tert-OH is 2. The number of nitrogen functional groups attached to an aromatic ring is 2. The number of nitrogens with zero attached hydrogens (tertiary/aromatic N) is 10. The number of nitrogens with two attached hydrogens (primary N) is 2. The van der Waals surface area contributed by atoms with Gasteiger partial charge < -0.3 is 89.5 Å². The number of azide groups is 1. The molecule has 6 fully saturated rings. The number of benzene rings is 4. The molecule has 36 heteroatoms. The minimum atomic E-state index is -1.32. The van der Waals surface area contributed by atoms with Crippen molar-refractivity contribution < 1.29 is 90.2 Å². The van der Waals surface area contributed by atoms with Gasteiger partial charge in [0, 0.05) is 131 Å². The van der Waals surface area contributed by atoms with Crippen LogP contribution in [0.3, 0.4) is 0 Å². The molecule has 6 unspecified atom stereocenters. The standard InChI is InChI=1S/C49H72BrN7O9.C41H65BrN6O9.C8H7N.CH3FS/c1-11-40-49(7)43(57(47(61)66-49)21-13-12-20-56-28-38(53-54-56)34-17-15-19-36(51)25-34)37(24-33-16-14-18-35(50)23-33)52-27-29(2)26-48(6,62-10)44(31(4)41(58)32(5)45(60)64-40)65-46-42(59)39(55(8)9)22-30(3)63-46;1-11-32-41(7)35(48(39(52)57-41)18-13-12-17-45-46-43)30(21-28-15-14-16-29(42)20-28)44-23-24(2)22-40(6,53-10)36(26(4)33(49)27(5)37(51)55-32)56-38-34(50)31(47(8)9)19-25(3)54-38;1-2-7-4-3-5-8(9)6-7;1-3-2/h14-19,23,25,28-32,37,39-40,42-44,46,52,59H,11-13,20-22,24,26-27,51H2,1-10H3;14-16,20,24-27,30-32,34-36,38,44,50H,11-13,17-19,21-23H2,1-10H3;1,3-6H,9H2;1H3/t29-,30?,31+,32-,37-,39?,40-,42?,43-,44-,46+,48-,49-;24-,25?,26+,27-,30-,31?,32-,34?,35-,36-,38+,40-,41-;;/m11../s1. The number of aromatic nitrogens is 3. The highest BCUT2D eigenvalue weighted by molar-refractivity contribution is 9.10. The van der Waals surface area contributed by atoms with Gasteiger partial charge in [0.25, 0.3) is 0 Å². The van der Waals surface area contributed by atoms with Crippen molar-refractivity contribution in [3.63, 3.8) is 0 Å². The number of aliphatic hydroxyl groups is 2. The molecule has 32 nitrogen and oxygen atoms in total. The summed E-state index contributed by atoms with van der Waals surface area (Å²) in [6.07, 6.45) is 5.22. The van der Waals surface area contributed by atoms with Crippen LogP contribution in [0.25, 0.3) is 21.7 Å². The number of rotatable bonds is 25. The maximum atomic E-state index is 14.6. The first-order valence-corrected chi connectivity index (χ1v) is 49.7. The summed E-state index contributed by atoms with van der Waals surface area (Å²) in [5.41, 5.74) is 21.3. The number of ketones is 2. The summed E-state index contributed by atoms with van der Waals surface area (Å²) < 4.78 is 77.7. The lowest BCUT2D eigenvalue weighted by molar-refractivity contribution is -0.295. The average Bonchev–Trinajstić information content (AvgIpc) is 1.59. The topological polar surface area (TPSA) is 404 Å². The first-order valence-electron chi connectivity index (χ1n) is 47.0. The highest BCUT2D eigenvalue weighted by atomic mass is 79.9. The Kier molecular flexibility index (Phi) is 43.1. The van der Waals surface area contributed by atoms with E-state index >= 15 is 0 Å². The molecule has 0 radical (unpaired) electrons. The van der Waals surface area contributed by atoms with Crippen molar-refractivity contribution in [2.45, 2.75) is 301 Å². The third kappa shape index (κ3) is 29.4. The fraction of sp³-hybridized carbons (Fsp3) is 0.657. The van der Waals surface area contributed by atoms with E-state index in [2.05, 4.69) is 94.7 Å². The summed E-state index contributed by atoms with van der Waals surface area (Å²) in [5.74, 6) is -4.12. The number of hydrogen-bond donors (Lipinski definition) is 6. The number of carbonyl (C=O) groups excluding carboxylic acids is 6. The number of methoxy groups -OCH3 is 2. The number of anilines is 2. The van der Waals surface area contributed by atoms with E-state index in [4.69, 9.17) is 70.8 Å². The second-order valence-corrected chi connectivity index (χ2v) is 40.4. The van der Waals surface area contributed by atoms with Crippen LogP contribution in [0.5, 0.6) is 0 Å². The van der Waals surface area contributed by atoms with E-state index < -0.39 is 143 Å². The van der Waals surface area contributed by atoms with Crippen LogP contribution in [0.2, 0.25) is 0 Å². The van der Waals surface area contributed by atoms with E-state index in [9.17, 15) is 42.9 Å². The summed E-state index contributed by atoms with van der Waals surface area (Å²) in [5, 5.41) is 43.1. The van der Waals surface area contributed by atoms with Crippen molar-refractivity contribution in [3.8, 4) is 23.6 Å². The second kappa shape index (κ2) is 51.8. The van der Waals surface area contributed by atoms with E-state index in [1.165, 1.54) is 13.2 Å². The molecule has 4 aromatic carbocycles. The Morgan fingerprint density at radius 2 is 1.05 bits per heavy atom. The SMILES string of the molecule is C#Cc1cccc(N)c1.CC[C@H]1OC(=O)[C@H](C)C(=O)[C@H](C)[C@@H](O[C@@H]2OC(C)CC(N(C)C)C2O)[C@](C)(OC)C[C@@H](C)CN[C@H](Cc2cccc(Br)c2)[C@H]2N(CCCCN=[N+]=[N-])C(=O)O[C@]12C.CC[C@H]1OC(=O)[C@H](C)C(=O)[C@H](C)[C@@H](O[C@@H]2OC(C)CC(N(C)C)C2O)[C@](C)(OC)C[C@@H](C)CN[C@H](Cc2cccc(Br)c2)[C@H]2N(CCCCn3cc(-c4cccc(N)c4)nn3)C(=O)O[C@]12C.CSF. The number of Topliss-reactive ketones (excluding diaryl/α,β-unsaturated/α-hetero) is 2. The minimum absolute atomic E-state index is 0.0667. The fourth-order valence-electron chi connectivity index (χ4n) is 20.1. The van der Waals surface area contributed by atoms with Crippen molar-refractivity contribution >= 4 is 91.1 Å². The predicted molar refractivity (Wildman–Crippen MR) is 526 cm³/mol. The Morgan fingerprint density at radius 1 is 0.637 bits per heavy atom. The monoisotopic (exact) mass is 2030 g/mol. The van der Waals surface area contributed by atoms with Crippen LogP contribution in [-0.2, 0) is 85.9 Å². The van der Waals surface area contributed by atoms with Crippen LogP contribution in [0.1, 0.15) is 178 Å². The zero-order chi connectivity index (χ0) is 99.7. The molecule has 0 aliphatic carbocycles. The molecule has 1 aromatic heterocycles. The number of likely N-dealkylation sites (N-methyl/N-ethyl adjacent to an activating group) is 2. The first kappa shape index (κ1) is 112. The van der Waals surface area contributed by atoms with Gasteiger partial charge in [-0.25, -0.2) is 9.59 Å². The Morgan fingerprint density at radius 3 is 1.44 bits per heavy atom. The van der Waals surface area contributed by atoms with E-state index in [1.54, 1.807) is 61.6 Å². The van der Waals surface area contributed by atoms with Gasteiger partial charge in [-0.3, -0.25) is 33.7 Å². The lowest BCUT2D eigenvalue weighted by atomic mass is 9.78. The number of terminal acetylenes is 1. The molecule has 0 bridgehead atoms.